The van der Waals surface area contributed by atoms with Crippen molar-refractivity contribution < 1.29 is 14.4 Å². The average molecular weight is 473 g/mol. The third-order valence-corrected chi connectivity index (χ3v) is 5.49. The van der Waals surface area contributed by atoms with E-state index in [1.54, 1.807) is 36.2 Å². The highest BCUT2D eigenvalue weighted by atomic mass is 16.2. The van der Waals surface area contributed by atoms with Crippen molar-refractivity contribution in [2.45, 2.75) is 27.7 Å². The molecule has 0 spiro atoms. The summed E-state index contributed by atoms with van der Waals surface area (Å²) in [4.78, 5) is 39.7. The van der Waals surface area contributed by atoms with Gasteiger partial charge in [0.25, 0.3) is 5.91 Å². The van der Waals surface area contributed by atoms with E-state index in [-0.39, 0.29) is 30.8 Å². The van der Waals surface area contributed by atoms with Gasteiger partial charge in [-0.15, -0.1) is 0 Å². The summed E-state index contributed by atoms with van der Waals surface area (Å²) in [5.74, 6) is -0.838. The molecule has 3 aromatic carbocycles. The molecule has 3 aromatic rings. The molecule has 0 aliphatic carbocycles. The molecule has 182 valence electrons. The van der Waals surface area contributed by atoms with Crippen molar-refractivity contribution in [1.82, 2.24) is 4.90 Å². The second-order valence-electron chi connectivity index (χ2n) is 8.91. The van der Waals surface area contributed by atoms with Gasteiger partial charge in [-0.3, -0.25) is 19.3 Å². The second-order valence-corrected chi connectivity index (χ2v) is 8.91. The van der Waals surface area contributed by atoms with Crippen LogP contribution in [0.15, 0.2) is 60.7 Å². The van der Waals surface area contributed by atoms with Crippen LogP contribution in [0.1, 0.15) is 32.6 Å². The standard InChI is InChI=1S/C28H32N4O3/c1-18-9-8-10-22(15-18)29-28(35)23-11-6-7-12-24(23)30-25(33)16-32(5)17-26(34)31-27-20(3)13-19(2)14-21(27)4/h6-15H,16-17H2,1-5H3,(H,29,35)(H,30,33)(H,31,34). The fourth-order valence-corrected chi connectivity index (χ4v) is 4.00. The number of benzene rings is 3. The highest BCUT2D eigenvalue weighted by Gasteiger charge is 2.16. The van der Waals surface area contributed by atoms with E-state index in [1.165, 1.54) is 0 Å². The quantitative estimate of drug-likeness (QED) is 0.444. The van der Waals surface area contributed by atoms with Gasteiger partial charge in [-0.25, -0.2) is 0 Å². The molecule has 3 amide bonds. The van der Waals surface area contributed by atoms with Crippen LogP contribution in [0.3, 0.4) is 0 Å². The Morgan fingerprint density at radius 2 is 1.34 bits per heavy atom. The van der Waals surface area contributed by atoms with Crippen LogP contribution in [0.2, 0.25) is 0 Å². The van der Waals surface area contributed by atoms with Crippen LogP contribution in [-0.4, -0.2) is 42.8 Å². The van der Waals surface area contributed by atoms with Gasteiger partial charge in [-0.05, 0) is 75.7 Å². The van der Waals surface area contributed by atoms with Gasteiger partial charge < -0.3 is 16.0 Å². The van der Waals surface area contributed by atoms with Crippen molar-refractivity contribution in [3.8, 4) is 0 Å². The number of nitrogens with zero attached hydrogens (tertiary/aromatic N) is 1. The SMILES string of the molecule is Cc1cccc(NC(=O)c2ccccc2NC(=O)CN(C)CC(=O)Nc2c(C)cc(C)cc2C)c1. The molecule has 0 aromatic heterocycles. The number of aryl methyl sites for hydroxylation is 4. The molecule has 0 unspecified atom stereocenters. The van der Waals surface area contributed by atoms with Crippen molar-refractivity contribution in [2.24, 2.45) is 0 Å². The van der Waals surface area contributed by atoms with Crippen LogP contribution < -0.4 is 16.0 Å². The number of hydrogen-bond acceptors (Lipinski definition) is 4. The Morgan fingerprint density at radius 1 is 0.714 bits per heavy atom. The van der Waals surface area contributed by atoms with Crippen LogP contribution in [-0.2, 0) is 9.59 Å². The summed E-state index contributed by atoms with van der Waals surface area (Å²) in [5.41, 5.74) is 6.41. The zero-order valence-corrected chi connectivity index (χ0v) is 20.9. The zero-order valence-electron chi connectivity index (χ0n) is 20.9. The fraction of sp³-hybridized carbons (Fsp3) is 0.250. The summed E-state index contributed by atoms with van der Waals surface area (Å²) >= 11 is 0. The molecule has 0 bridgehead atoms. The summed E-state index contributed by atoms with van der Waals surface area (Å²) in [7, 11) is 1.70. The van der Waals surface area contributed by atoms with Gasteiger partial charge >= 0.3 is 0 Å². The topological polar surface area (TPSA) is 90.5 Å². The highest BCUT2D eigenvalue weighted by molar-refractivity contribution is 6.10. The number of para-hydroxylation sites is 1. The minimum Gasteiger partial charge on any atom is -0.324 e. The number of amides is 3. The first-order valence-corrected chi connectivity index (χ1v) is 11.5. The van der Waals surface area contributed by atoms with Crippen molar-refractivity contribution in [3.05, 3.63) is 88.5 Å². The molecular weight excluding hydrogens is 440 g/mol. The lowest BCUT2D eigenvalue weighted by atomic mass is 10.1. The van der Waals surface area contributed by atoms with E-state index in [9.17, 15) is 14.4 Å². The maximum absolute atomic E-state index is 12.8. The van der Waals surface area contributed by atoms with E-state index < -0.39 is 0 Å². The molecule has 35 heavy (non-hydrogen) atoms. The first-order chi connectivity index (χ1) is 16.6. The maximum Gasteiger partial charge on any atom is 0.257 e. The first-order valence-electron chi connectivity index (χ1n) is 11.5. The Kier molecular flexibility index (Phi) is 8.39. The van der Waals surface area contributed by atoms with Crippen molar-refractivity contribution in [1.29, 1.82) is 0 Å². The minimum absolute atomic E-state index is 0.00683. The highest BCUT2D eigenvalue weighted by Crippen LogP contribution is 2.22. The molecule has 0 saturated heterocycles. The fourth-order valence-electron chi connectivity index (χ4n) is 4.00. The third kappa shape index (κ3) is 7.25. The lowest BCUT2D eigenvalue weighted by Crippen LogP contribution is -2.36. The van der Waals surface area contributed by atoms with Crippen molar-refractivity contribution in [2.75, 3.05) is 36.1 Å². The number of carbonyl (C=O) groups is 3. The van der Waals surface area contributed by atoms with Gasteiger partial charge in [0, 0.05) is 11.4 Å². The summed E-state index contributed by atoms with van der Waals surface area (Å²) in [5, 5.41) is 8.60. The number of likely N-dealkylation sites (N-methyl/N-ethyl adjacent to an activating group) is 1. The Morgan fingerprint density at radius 3 is 2.00 bits per heavy atom. The number of carbonyl (C=O) groups excluding carboxylic acids is 3. The summed E-state index contributed by atoms with van der Waals surface area (Å²) in [6.07, 6.45) is 0. The van der Waals surface area contributed by atoms with E-state index >= 15 is 0 Å². The lowest BCUT2D eigenvalue weighted by molar-refractivity contribution is -0.119. The van der Waals surface area contributed by atoms with Crippen LogP contribution in [0.5, 0.6) is 0 Å². The largest absolute Gasteiger partial charge is 0.324 e. The van der Waals surface area contributed by atoms with Gasteiger partial charge in [0.1, 0.15) is 0 Å². The molecule has 0 saturated carbocycles. The molecule has 0 heterocycles. The van der Waals surface area contributed by atoms with Crippen molar-refractivity contribution in [3.63, 3.8) is 0 Å². The zero-order chi connectivity index (χ0) is 25.5. The normalized spacial score (nSPS) is 10.7. The van der Waals surface area contributed by atoms with Crippen LogP contribution in [0.25, 0.3) is 0 Å². The Balaban J connectivity index is 1.58. The summed E-state index contributed by atoms with van der Waals surface area (Å²) in [6.45, 7) is 7.92. The van der Waals surface area contributed by atoms with E-state index in [0.717, 1.165) is 27.9 Å². The predicted octanol–water partition coefficient (Wildman–Crippen LogP) is 4.68. The molecule has 7 nitrogen and oxygen atoms in total. The molecule has 0 fully saturated rings. The van der Waals surface area contributed by atoms with Gasteiger partial charge in [-0.1, -0.05) is 42.0 Å². The molecule has 3 rings (SSSR count). The van der Waals surface area contributed by atoms with E-state index in [1.807, 2.05) is 64.1 Å². The van der Waals surface area contributed by atoms with E-state index in [2.05, 4.69) is 16.0 Å². The monoisotopic (exact) mass is 472 g/mol. The number of nitrogens with one attached hydrogen (secondary N) is 3. The first kappa shape index (κ1) is 25.6. The Bertz CT molecular complexity index is 1230. The Hall–Kier alpha value is -3.97. The smallest absolute Gasteiger partial charge is 0.257 e. The Labute approximate surface area is 206 Å². The molecule has 0 radical (unpaired) electrons. The third-order valence-electron chi connectivity index (χ3n) is 5.49. The molecule has 0 aliphatic rings. The van der Waals surface area contributed by atoms with Gasteiger partial charge in [-0.2, -0.15) is 0 Å². The van der Waals surface area contributed by atoms with Gasteiger partial charge in [0.2, 0.25) is 11.8 Å². The van der Waals surface area contributed by atoms with Gasteiger partial charge in [0.15, 0.2) is 0 Å². The van der Waals surface area contributed by atoms with Crippen LogP contribution in [0.4, 0.5) is 17.1 Å². The van der Waals surface area contributed by atoms with Crippen molar-refractivity contribution >= 4 is 34.8 Å². The van der Waals surface area contributed by atoms with E-state index in [0.29, 0.717) is 16.9 Å². The summed E-state index contributed by atoms with van der Waals surface area (Å²) < 4.78 is 0. The summed E-state index contributed by atoms with van der Waals surface area (Å²) in [6, 6.07) is 18.4. The molecular formula is C28H32N4O3. The van der Waals surface area contributed by atoms with Crippen LogP contribution in [0, 0.1) is 27.7 Å². The van der Waals surface area contributed by atoms with Gasteiger partial charge in [0.05, 0.1) is 24.3 Å². The molecule has 3 N–H and O–H groups in total. The predicted molar refractivity (Wildman–Crippen MR) is 141 cm³/mol. The second kappa shape index (κ2) is 11.4. The number of anilines is 3. The van der Waals surface area contributed by atoms with Crippen LogP contribution >= 0.6 is 0 Å². The number of hydrogen-bond donors (Lipinski definition) is 3. The maximum atomic E-state index is 12.8. The molecule has 7 heteroatoms. The minimum atomic E-state index is -0.321. The molecule has 0 atom stereocenters. The lowest BCUT2D eigenvalue weighted by Gasteiger charge is -2.18. The number of rotatable bonds is 8. The average Bonchev–Trinajstić information content (AvgIpc) is 2.76. The molecule has 0 aliphatic heterocycles. The van der Waals surface area contributed by atoms with E-state index in [4.69, 9.17) is 0 Å².